The number of nitrogens with zero attached hydrogens (tertiary/aromatic N) is 3. The number of nitrogens with one attached hydrogen (secondary N) is 1. The quantitative estimate of drug-likeness (QED) is 0.681. The predicted molar refractivity (Wildman–Crippen MR) is 114 cm³/mol. The minimum Gasteiger partial charge on any atom is -0.351 e. The number of thiocarbonyl (C=S) groups is 1. The summed E-state index contributed by atoms with van der Waals surface area (Å²) in [5, 5.41) is 4.25. The molecule has 3 aromatic rings. The van der Waals surface area contributed by atoms with E-state index in [1.165, 1.54) is 17.0 Å². The van der Waals surface area contributed by atoms with Crippen molar-refractivity contribution < 1.29 is 0 Å². The number of pyridine rings is 1. The first-order valence-corrected chi connectivity index (χ1v) is 9.72. The summed E-state index contributed by atoms with van der Waals surface area (Å²) in [6, 6.07) is 19.1. The fourth-order valence-corrected chi connectivity index (χ4v) is 4.10. The fraction of sp³-hybridized carbons (Fsp3) is 0.273. The van der Waals surface area contributed by atoms with Crippen molar-refractivity contribution in [2.45, 2.75) is 32.4 Å². The molecule has 1 aromatic carbocycles. The number of anilines is 1. The largest absolute Gasteiger partial charge is 0.351 e. The van der Waals surface area contributed by atoms with Gasteiger partial charge in [-0.05, 0) is 67.5 Å². The van der Waals surface area contributed by atoms with Crippen LogP contribution in [-0.4, -0.2) is 14.7 Å². The van der Waals surface area contributed by atoms with E-state index in [-0.39, 0.29) is 12.1 Å². The van der Waals surface area contributed by atoms with Gasteiger partial charge in [-0.1, -0.05) is 25.1 Å². The highest BCUT2D eigenvalue weighted by Gasteiger charge is 2.41. The Balaban J connectivity index is 1.83. The van der Waals surface area contributed by atoms with E-state index in [1.54, 1.807) is 0 Å². The van der Waals surface area contributed by atoms with Gasteiger partial charge in [0.05, 0.1) is 11.7 Å². The Morgan fingerprint density at radius 3 is 2.44 bits per heavy atom. The Bertz CT molecular complexity index is 946. The monoisotopic (exact) mass is 376 g/mol. The molecular formula is C22H24N4S. The second-order valence-corrected chi connectivity index (χ2v) is 7.36. The summed E-state index contributed by atoms with van der Waals surface area (Å²) in [6.07, 6.45) is 2.87. The molecule has 0 radical (unpaired) electrons. The third-order valence-electron chi connectivity index (χ3n) is 5.44. The van der Waals surface area contributed by atoms with Crippen molar-refractivity contribution in [1.82, 2.24) is 14.9 Å². The smallest absolute Gasteiger partial charge is 0.174 e. The van der Waals surface area contributed by atoms with E-state index in [0.717, 1.165) is 22.9 Å². The lowest BCUT2D eigenvalue weighted by Crippen LogP contribution is -2.30. The van der Waals surface area contributed by atoms with Gasteiger partial charge >= 0.3 is 0 Å². The van der Waals surface area contributed by atoms with Crippen molar-refractivity contribution in [2.24, 2.45) is 7.05 Å². The summed E-state index contributed by atoms with van der Waals surface area (Å²) < 4.78 is 2.24. The third kappa shape index (κ3) is 3.12. The molecule has 4 nitrogen and oxygen atoms in total. The Morgan fingerprint density at radius 1 is 1.07 bits per heavy atom. The van der Waals surface area contributed by atoms with Crippen LogP contribution < -0.4 is 10.2 Å². The predicted octanol–water partition coefficient (Wildman–Crippen LogP) is 4.47. The minimum atomic E-state index is -0.00227. The van der Waals surface area contributed by atoms with Crippen LogP contribution in [0.15, 0.2) is 60.8 Å². The van der Waals surface area contributed by atoms with Crippen molar-refractivity contribution in [3.63, 3.8) is 0 Å². The van der Waals surface area contributed by atoms with Crippen molar-refractivity contribution in [2.75, 3.05) is 4.90 Å². The summed E-state index contributed by atoms with van der Waals surface area (Å²) in [7, 11) is 2.11. The molecule has 4 rings (SSSR count). The Labute approximate surface area is 165 Å². The minimum absolute atomic E-state index is 0.00227. The molecule has 0 unspecified atom stereocenters. The molecule has 2 atom stereocenters. The first-order chi connectivity index (χ1) is 13.1. The van der Waals surface area contributed by atoms with Crippen LogP contribution in [-0.2, 0) is 13.5 Å². The highest BCUT2D eigenvalue weighted by atomic mass is 32.1. The van der Waals surface area contributed by atoms with Crippen LogP contribution in [0.2, 0.25) is 0 Å². The van der Waals surface area contributed by atoms with Crippen LogP contribution in [0.4, 0.5) is 5.69 Å². The molecule has 2 aromatic heterocycles. The summed E-state index contributed by atoms with van der Waals surface area (Å²) in [5.41, 5.74) is 5.87. The van der Waals surface area contributed by atoms with Gasteiger partial charge in [0.1, 0.15) is 6.04 Å². The first kappa shape index (κ1) is 17.7. The summed E-state index contributed by atoms with van der Waals surface area (Å²) >= 11 is 5.77. The van der Waals surface area contributed by atoms with E-state index in [2.05, 4.69) is 83.1 Å². The highest BCUT2D eigenvalue weighted by Crippen LogP contribution is 2.41. The normalized spacial score (nSPS) is 19.4. The maximum absolute atomic E-state index is 5.77. The first-order valence-electron chi connectivity index (χ1n) is 9.32. The molecule has 1 fully saturated rings. The SMILES string of the molecule is CCc1ccc(N2C(=S)N[C@H](c3ccccn3)[C@H]2c2ccc(C)n2C)cc1. The van der Waals surface area contributed by atoms with Crippen molar-refractivity contribution in [3.05, 3.63) is 83.4 Å². The maximum atomic E-state index is 5.77. The maximum Gasteiger partial charge on any atom is 0.174 e. The molecule has 1 N–H and O–H groups in total. The van der Waals surface area contributed by atoms with E-state index in [4.69, 9.17) is 12.2 Å². The van der Waals surface area contributed by atoms with Crippen molar-refractivity contribution >= 4 is 23.0 Å². The molecule has 1 saturated heterocycles. The third-order valence-corrected chi connectivity index (χ3v) is 5.75. The highest BCUT2D eigenvalue weighted by molar-refractivity contribution is 7.80. The average molecular weight is 377 g/mol. The Morgan fingerprint density at radius 2 is 1.85 bits per heavy atom. The van der Waals surface area contributed by atoms with E-state index < -0.39 is 0 Å². The van der Waals surface area contributed by atoms with Crippen molar-refractivity contribution in [1.29, 1.82) is 0 Å². The van der Waals surface area contributed by atoms with E-state index in [9.17, 15) is 0 Å². The molecule has 0 spiro atoms. The number of rotatable bonds is 4. The van der Waals surface area contributed by atoms with E-state index in [1.807, 2.05) is 18.3 Å². The van der Waals surface area contributed by atoms with Gasteiger partial charge in [-0.15, -0.1) is 0 Å². The molecule has 1 aliphatic rings. The van der Waals surface area contributed by atoms with Crippen LogP contribution in [0.1, 0.15) is 41.7 Å². The number of aryl methyl sites for hydroxylation is 2. The van der Waals surface area contributed by atoms with Crippen molar-refractivity contribution in [3.8, 4) is 0 Å². The van der Waals surface area contributed by atoms with Gasteiger partial charge in [0, 0.05) is 30.3 Å². The molecular weight excluding hydrogens is 352 g/mol. The zero-order valence-corrected chi connectivity index (χ0v) is 16.7. The molecule has 138 valence electrons. The van der Waals surface area contributed by atoms with Gasteiger partial charge < -0.3 is 14.8 Å². The summed E-state index contributed by atoms with van der Waals surface area (Å²) in [6.45, 7) is 4.30. The van der Waals surface area contributed by atoms with Crippen LogP contribution in [0.5, 0.6) is 0 Å². The van der Waals surface area contributed by atoms with E-state index >= 15 is 0 Å². The van der Waals surface area contributed by atoms with Crippen LogP contribution in [0.3, 0.4) is 0 Å². The summed E-state index contributed by atoms with van der Waals surface area (Å²) in [5.74, 6) is 0. The molecule has 0 saturated carbocycles. The standard InChI is InChI=1S/C22H24N4S/c1-4-16-9-11-17(12-10-16)26-21(19-13-8-15(2)25(19)3)20(24-22(26)27)18-7-5-6-14-23-18/h5-14,20-21H,4H2,1-3H3,(H,24,27)/t20-,21-/m1/s1. The fourth-order valence-electron chi connectivity index (χ4n) is 3.76. The zero-order chi connectivity index (χ0) is 19.0. The van der Waals surface area contributed by atoms with Gasteiger partial charge in [0.25, 0.3) is 0 Å². The molecule has 0 amide bonds. The number of hydrogen-bond acceptors (Lipinski definition) is 2. The van der Waals surface area contributed by atoms with Gasteiger partial charge in [0.2, 0.25) is 0 Å². The lowest BCUT2D eigenvalue weighted by molar-refractivity contribution is 0.539. The van der Waals surface area contributed by atoms with Gasteiger partial charge in [-0.2, -0.15) is 0 Å². The van der Waals surface area contributed by atoms with Gasteiger partial charge in [-0.25, -0.2) is 0 Å². The number of aromatic nitrogens is 2. The van der Waals surface area contributed by atoms with E-state index in [0.29, 0.717) is 0 Å². The second-order valence-electron chi connectivity index (χ2n) is 6.98. The molecule has 5 heteroatoms. The zero-order valence-electron chi connectivity index (χ0n) is 15.9. The number of benzene rings is 1. The summed E-state index contributed by atoms with van der Waals surface area (Å²) in [4.78, 5) is 6.83. The number of hydrogen-bond donors (Lipinski definition) is 1. The Kier molecular flexibility index (Phi) is 4.70. The molecule has 1 aliphatic heterocycles. The topological polar surface area (TPSA) is 33.1 Å². The molecule has 0 bridgehead atoms. The van der Waals surface area contributed by atoms with Gasteiger partial charge in [-0.3, -0.25) is 4.98 Å². The second kappa shape index (κ2) is 7.16. The Hall–Kier alpha value is -2.66. The average Bonchev–Trinajstić information content (AvgIpc) is 3.22. The lowest BCUT2D eigenvalue weighted by Gasteiger charge is -2.28. The van der Waals surface area contributed by atoms with Crippen LogP contribution in [0.25, 0.3) is 0 Å². The molecule has 3 heterocycles. The molecule has 0 aliphatic carbocycles. The lowest BCUT2D eigenvalue weighted by atomic mass is 10.0. The van der Waals surface area contributed by atoms with Crippen LogP contribution in [0, 0.1) is 6.92 Å². The molecule has 27 heavy (non-hydrogen) atoms. The van der Waals surface area contributed by atoms with Crippen LogP contribution >= 0.6 is 12.2 Å². The van der Waals surface area contributed by atoms with Gasteiger partial charge in [0.15, 0.2) is 5.11 Å².